The first-order valence-corrected chi connectivity index (χ1v) is 10.3. The Hall–Kier alpha value is -3.20. The number of nitrogens with one attached hydrogen (secondary N) is 1. The van der Waals surface area contributed by atoms with E-state index in [1.807, 2.05) is 25.1 Å². The van der Waals surface area contributed by atoms with Crippen molar-refractivity contribution in [3.05, 3.63) is 48.3 Å². The van der Waals surface area contributed by atoms with Crippen LogP contribution in [-0.2, 0) is 9.59 Å². The van der Waals surface area contributed by atoms with Crippen molar-refractivity contribution in [1.82, 2.24) is 9.88 Å². The van der Waals surface area contributed by atoms with Crippen molar-refractivity contribution in [2.24, 2.45) is 5.92 Å². The van der Waals surface area contributed by atoms with Gasteiger partial charge in [-0.2, -0.15) is 0 Å². The zero-order chi connectivity index (χ0) is 21.1. The molecule has 1 saturated heterocycles. The van der Waals surface area contributed by atoms with Crippen LogP contribution in [0.2, 0.25) is 0 Å². The lowest BCUT2D eigenvalue weighted by molar-refractivity contribution is -0.143. The minimum atomic E-state index is -0.518. The third kappa shape index (κ3) is 4.35. The van der Waals surface area contributed by atoms with Crippen LogP contribution in [0.4, 0.5) is 9.52 Å². The Balaban J connectivity index is 1.27. The summed E-state index contributed by atoms with van der Waals surface area (Å²) in [6.07, 6.45) is 0. The van der Waals surface area contributed by atoms with Crippen LogP contribution in [0.5, 0.6) is 11.5 Å². The number of nitrogens with zero attached hydrogens (tertiary/aromatic N) is 2. The number of carbonyl (C=O) groups is 2. The van der Waals surface area contributed by atoms with Gasteiger partial charge < -0.3 is 19.7 Å². The standard InChI is InChI=1S/C21H20FN3O4S/c1-2-28-14-7-8-16-18(9-14)30-21(23-16)24-20(27)13-10-25(11-13)19(26)12-29-17-6-4-3-5-15(17)22/h3-9,13H,2,10-12H2,1H3,(H,23,24,27). The van der Waals surface area contributed by atoms with Crippen LogP contribution >= 0.6 is 11.3 Å². The normalized spacial score (nSPS) is 13.7. The second kappa shape index (κ2) is 8.66. The highest BCUT2D eigenvalue weighted by atomic mass is 32.1. The van der Waals surface area contributed by atoms with E-state index in [1.165, 1.54) is 28.4 Å². The maximum atomic E-state index is 13.5. The topological polar surface area (TPSA) is 80.8 Å². The molecule has 3 aromatic rings. The first-order valence-electron chi connectivity index (χ1n) is 9.53. The van der Waals surface area contributed by atoms with Gasteiger partial charge in [0.15, 0.2) is 23.3 Å². The molecule has 2 heterocycles. The lowest BCUT2D eigenvalue weighted by atomic mass is 9.99. The molecule has 7 nitrogen and oxygen atoms in total. The summed E-state index contributed by atoms with van der Waals surface area (Å²) >= 11 is 1.37. The number of hydrogen-bond donors (Lipinski definition) is 1. The maximum absolute atomic E-state index is 13.5. The van der Waals surface area contributed by atoms with Gasteiger partial charge in [0.1, 0.15) is 5.75 Å². The summed E-state index contributed by atoms with van der Waals surface area (Å²) in [6, 6.07) is 11.5. The van der Waals surface area contributed by atoms with E-state index in [0.717, 1.165) is 16.0 Å². The van der Waals surface area contributed by atoms with Gasteiger partial charge >= 0.3 is 0 Å². The smallest absolute Gasteiger partial charge is 0.260 e. The molecule has 0 spiro atoms. The highest BCUT2D eigenvalue weighted by Gasteiger charge is 2.36. The van der Waals surface area contributed by atoms with E-state index in [-0.39, 0.29) is 30.1 Å². The number of thiazole rings is 1. The highest BCUT2D eigenvalue weighted by molar-refractivity contribution is 7.22. The molecule has 2 aromatic carbocycles. The van der Waals surface area contributed by atoms with Crippen LogP contribution in [0, 0.1) is 11.7 Å². The van der Waals surface area contributed by atoms with Gasteiger partial charge in [-0.3, -0.25) is 9.59 Å². The first kappa shape index (κ1) is 20.1. The van der Waals surface area contributed by atoms with Crippen LogP contribution in [0.3, 0.4) is 0 Å². The van der Waals surface area contributed by atoms with Gasteiger partial charge in [-0.15, -0.1) is 0 Å². The minimum Gasteiger partial charge on any atom is -0.494 e. The number of benzene rings is 2. The third-order valence-electron chi connectivity index (χ3n) is 4.69. The number of carbonyl (C=O) groups excluding carboxylic acids is 2. The van der Waals surface area contributed by atoms with Gasteiger partial charge in [0, 0.05) is 13.1 Å². The molecule has 1 aliphatic heterocycles. The van der Waals surface area contributed by atoms with Crippen molar-refractivity contribution in [2.45, 2.75) is 6.92 Å². The largest absolute Gasteiger partial charge is 0.494 e. The predicted octanol–water partition coefficient (Wildman–Crippen LogP) is 3.31. The van der Waals surface area contributed by atoms with Crippen LogP contribution in [0.15, 0.2) is 42.5 Å². The Morgan fingerprint density at radius 3 is 2.80 bits per heavy atom. The molecule has 0 radical (unpaired) electrons. The number of para-hydroxylation sites is 1. The quantitative estimate of drug-likeness (QED) is 0.623. The molecule has 0 atom stereocenters. The first-order chi connectivity index (χ1) is 14.5. The summed E-state index contributed by atoms with van der Waals surface area (Å²) in [5.41, 5.74) is 0.787. The van der Waals surface area contributed by atoms with Gasteiger partial charge in [-0.1, -0.05) is 23.5 Å². The third-order valence-corrected chi connectivity index (χ3v) is 5.63. The van der Waals surface area contributed by atoms with E-state index >= 15 is 0 Å². The fourth-order valence-corrected chi connectivity index (χ4v) is 3.96. The molecule has 0 bridgehead atoms. The molecule has 9 heteroatoms. The molecular formula is C21H20FN3O4S. The molecule has 1 fully saturated rings. The number of rotatable bonds is 7. The Morgan fingerprint density at radius 2 is 2.03 bits per heavy atom. The van der Waals surface area contributed by atoms with Gasteiger partial charge in [-0.05, 0) is 37.3 Å². The summed E-state index contributed by atoms with van der Waals surface area (Å²) in [5, 5.41) is 3.33. The predicted molar refractivity (Wildman–Crippen MR) is 111 cm³/mol. The lowest BCUT2D eigenvalue weighted by Gasteiger charge is -2.37. The van der Waals surface area contributed by atoms with E-state index in [0.29, 0.717) is 24.8 Å². The Labute approximate surface area is 176 Å². The van der Waals surface area contributed by atoms with Gasteiger partial charge in [0.25, 0.3) is 5.91 Å². The Kier molecular flexibility index (Phi) is 5.80. The number of amides is 2. The fraction of sp³-hybridized carbons (Fsp3) is 0.286. The summed E-state index contributed by atoms with van der Waals surface area (Å²) in [7, 11) is 0. The molecule has 4 rings (SSSR count). The summed E-state index contributed by atoms with van der Waals surface area (Å²) in [4.78, 5) is 30.5. The van der Waals surface area contributed by atoms with Gasteiger partial charge in [-0.25, -0.2) is 9.37 Å². The number of anilines is 1. The number of aromatic nitrogens is 1. The zero-order valence-corrected chi connectivity index (χ0v) is 17.1. The number of hydrogen-bond acceptors (Lipinski definition) is 6. The fourth-order valence-electron chi connectivity index (χ4n) is 3.06. The summed E-state index contributed by atoms with van der Waals surface area (Å²) in [5.74, 6) is -0.506. The Bertz CT molecular complexity index is 1080. The minimum absolute atomic E-state index is 0.0315. The van der Waals surface area contributed by atoms with E-state index in [1.54, 1.807) is 12.1 Å². The molecule has 1 N–H and O–H groups in total. The van der Waals surface area contributed by atoms with Gasteiger partial charge in [0.05, 0.1) is 22.7 Å². The van der Waals surface area contributed by atoms with Crippen molar-refractivity contribution in [1.29, 1.82) is 0 Å². The highest BCUT2D eigenvalue weighted by Crippen LogP contribution is 2.30. The Morgan fingerprint density at radius 1 is 1.23 bits per heavy atom. The van der Waals surface area contributed by atoms with E-state index in [2.05, 4.69) is 10.3 Å². The lowest BCUT2D eigenvalue weighted by Crippen LogP contribution is -2.55. The average molecular weight is 429 g/mol. The second-order valence-electron chi connectivity index (χ2n) is 6.79. The number of ether oxygens (including phenoxy) is 2. The maximum Gasteiger partial charge on any atom is 0.260 e. The van der Waals surface area contributed by atoms with E-state index < -0.39 is 5.82 Å². The number of halogens is 1. The molecule has 1 aromatic heterocycles. The van der Waals surface area contributed by atoms with Crippen molar-refractivity contribution in [2.75, 3.05) is 31.6 Å². The van der Waals surface area contributed by atoms with E-state index in [9.17, 15) is 14.0 Å². The summed E-state index contributed by atoms with van der Waals surface area (Å²) < 4.78 is 25.2. The molecule has 2 amide bonds. The number of likely N-dealkylation sites (tertiary alicyclic amines) is 1. The van der Waals surface area contributed by atoms with E-state index in [4.69, 9.17) is 9.47 Å². The molecule has 156 valence electrons. The van der Waals surface area contributed by atoms with Crippen LogP contribution in [0.1, 0.15) is 6.92 Å². The van der Waals surface area contributed by atoms with Crippen LogP contribution in [-0.4, -0.2) is 48.0 Å². The number of fused-ring (bicyclic) bond motifs is 1. The van der Waals surface area contributed by atoms with Crippen LogP contribution < -0.4 is 14.8 Å². The molecule has 1 aliphatic rings. The van der Waals surface area contributed by atoms with Crippen LogP contribution in [0.25, 0.3) is 10.2 Å². The monoisotopic (exact) mass is 429 g/mol. The molecular weight excluding hydrogens is 409 g/mol. The van der Waals surface area contributed by atoms with Crippen molar-refractivity contribution >= 4 is 38.5 Å². The average Bonchev–Trinajstić information content (AvgIpc) is 3.08. The molecule has 0 unspecified atom stereocenters. The SMILES string of the molecule is CCOc1ccc2nc(NC(=O)C3CN(C(=O)COc4ccccc4F)C3)sc2c1. The zero-order valence-electron chi connectivity index (χ0n) is 16.3. The second-order valence-corrected chi connectivity index (χ2v) is 7.82. The van der Waals surface area contributed by atoms with Gasteiger partial charge in [0.2, 0.25) is 5.91 Å². The van der Waals surface area contributed by atoms with Crippen molar-refractivity contribution in [3.8, 4) is 11.5 Å². The summed E-state index contributed by atoms with van der Waals surface area (Å²) in [6.45, 7) is 2.82. The van der Waals surface area contributed by atoms with Crippen molar-refractivity contribution in [3.63, 3.8) is 0 Å². The molecule has 0 saturated carbocycles. The molecule has 0 aliphatic carbocycles. The molecule has 30 heavy (non-hydrogen) atoms. The van der Waals surface area contributed by atoms with Crippen molar-refractivity contribution < 1.29 is 23.5 Å².